The summed E-state index contributed by atoms with van der Waals surface area (Å²) >= 11 is 6.15. The van der Waals surface area contributed by atoms with Crippen molar-refractivity contribution in [1.29, 1.82) is 0 Å². The van der Waals surface area contributed by atoms with Gasteiger partial charge in [-0.05, 0) is 35.9 Å². The van der Waals surface area contributed by atoms with Crippen LogP contribution in [0.3, 0.4) is 0 Å². The first-order chi connectivity index (χ1) is 17.4. The van der Waals surface area contributed by atoms with Crippen LogP contribution in [0.15, 0.2) is 94.4 Å². The molecule has 4 rings (SSSR count). The summed E-state index contributed by atoms with van der Waals surface area (Å²) in [4.78, 5) is 35.6. The number of anilines is 1. The van der Waals surface area contributed by atoms with Gasteiger partial charge in [-0.3, -0.25) is 19.7 Å². The molecule has 0 spiro atoms. The molecule has 0 aliphatic carbocycles. The normalized spacial score (nSPS) is 10.8. The first kappa shape index (κ1) is 24.4. The molecular formula is C26H19ClN4O5. The standard InChI is InChI=1S/C26H19ClN4O5/c27-22-12-10-18(31(34)35)15-21(22)24-13-11-19(36-24)16-28-30-26(33)20-8-4-5-9-23(20)29-25(32)14-17-6-2-1-3-7-17/h1-13,15-16H,14H2,(H,29,32)(H,30,33). The maximum Gasteiger partial charge on any atom is 0.273 e. The summed E-state index contributed by atoms with van der Waals surface area (Å²) in [7, 11) is 0. The van der Waals surface area contributed by atoms with Crippen LogP contribution >= 0.6 is 11.6 Å². The van der Waals surface area contributed by atoms with Gasteiger partial charge < -0.3 is 9.73 Å². The highest BCUT2D eigenvalue weighted by Crippen LogP contribution is 2.32. The fraction of sp³-hybridized carbons (Fsp3) is 0.0385. The summed E-state index contributed by atoms with van der Waals surface area (Å²) in [5.41, 5.74) is 4.07. The Labute approximate surface area is 210 Å². The van der Waals surface area contributed by atoms with Crippen molar-refractivity contribution in [3.05, 3.63) is 117 Å². The monoisotopic (exact) mass is 502 g/mol. The number of hydrogen-bond acceptors (Lipinski definition) is 6. The van der Waals surface area contributed by atoms with Crippen molar-refractivity contribution < 1.29 is 18.9 Å². The number of para-hydroxylation sites is 1. The number of non-ortho nitro benzene ring substituents is 1. The second-order valence-electron chi connectivity index (χ2n) is 7.58. The highest BCUT2D eigenvalue weighted by molar-refractivity contribution is 6.33. The molecule has 1 aromatic heterocycles. The van der Waals surface area contributed by atoms with E-state index in [0.29, 0.717) is 17.0 Å². The lowest BCUT2D eigenvalue weighted by Gasteiger charge is -2.10. The highest BCUT2D eigenvalue weighted by Gasteiger charge is 2.15. The maximum atomic E-state index is 12.7. The van der Waals surface area contributed by atoms with E-state index in [4.69, 9.17) is 16.0 Å². The minimum absolute atomic E-state index is 0.122. The number of amides is 2. The van der Waals surface area contributed by atoms with Crippen molar-refractivity contribution in [3.63, 3.8) is 0 Å². The van der Waals surface area contributed by atoms with Crippen LogP contribution < -0.4 is 10.7 Å². The highest BCUT2D eigenvalue weighted by atomic mass is 35.5. The molecule has 10 heteroatoms. The molecule has 2 N–H and O–H groups in total. The van der Waals surface area contributed by atoms with Gasteiger partial charge in [0, 0.05) is 17.7 Å². The number of nitrogens with zero attached hydrogens (tertiary/aromatic N) is 2. The summed E-state index contributed by atoms with van der Waals surface area (Å²) in [5, 5.41) is 18.0. The third-order valence-corrected chi connectivity index (χ3v) is 5.39. The number of nitro groups is 1. The van der Waals surface area contributed by atoms with E-state index in [9.17, 15) is 19.7 Å². The number of benzene rings is 3. The fourth-order valence-electron chi connectivity index (χ4n) is 3.36. The molecule has 0 fully saturated rings. The Morgan fingerprint density at radius 2 is 1.75 bits per heavy atom. The van der Waals surface area contributed by atoms with Gasteiger partial charge in [0.25, 0.3) is 11.6 Å². The lowest BCUT2D eigenvalue weighted by atomic mass is 10.1. The molecule has 0 saturated carbocycles. The molecule has 180 valence electrons. The van der Waals surface area contributed by atoms with Crippen molar-refractivity contribution in [2.45, 2.75) is 6.42 Å². The van der Waals surface area contributed by atoms with E-state index in [1.807, 2.05) is 30.3 Å². The number of furan rings is 1. The molecule has 1 heterocycles. The van der Waals surface area contributed by atoms with Crippen LogP contribution in [0.2, 0.25) is 5.02 Å². The zero-order chi connectivity index (χ0) is 25.5. The first-order valence-corrected chi connectivity index (χ1v) is 11.1. The van der Waals surface area contributed by atoms with E-state index >= 15 is 0 Å². The third-order valence-electron chi connectivity index (χ3n) is 5.06. The third kappa shape index (κ3) is 6.02. The molecular weight excluding hydrogens is 484 g/mol. The maximum absolute atomic E-state index is 12.7. The van der Waals surface area contributed by atoms with Gasteiger partial charge >= 0.3 is 0 Å². The second kappa shape index (κ2) is 11.1. The van der Waals surface area contributed by atoms with E-state index in [-0.39, 0.29) is 34.4 Å². The van der Waals surface area contributed by atoms with Crippen molar-refractivity contribution in [3.8, 4) is 11.3 Å². The molecule has 0 unspecified atom stereocenters. The van der Waals surface area contributed by atoms with Crippen LogP contribution in [0.5, 0.6) is 0 Å². The molecule has 36 heavy (non-hydrogen) atoms. The number of carbonyl (C=O) groups is 2. The van der Waals surface area contributed by atoms with Gasteiger partial charge in [-0.15, -0.1) is 0 Å². The van der Waals surface area contributed by atoms with Crippen LogP contribution in [0.1, 0.15) is 21.7 Å². The fourth-order valence-corrected chi connectivity index (χ4v) is 3.57. The molecule has 3 aromatic carbocycles. The van der Waals surface area contributed by atoms with E-state index in [1.54, 1.807) is 36.4 Å². The minimum atomic E-state index is -0.532. The van der Waals surface area contributed by atoms with Gasteiger partial charge in [-0.1, -0.05) is 54.1 Å². The van der Waals surface area contributed by atoms with E-state index in [1.165, 1.54) is 24.4 Å². The van der Waals surface area contributed by atoms with Gasteiger partial charge in [0.1, 0.15) is 11.5 Å². The quantitative estimate of drug-likeness (QED) is 0.188. The van der Waals surface area contributed by atoms with Crippen molar-refractivity contribution in [2.75, 3.05) is 5.32 Å². The summed E-state index contributed by atoms with van der Waals surface area (Å²) in [6, 6.07) is 23.0. The Morgan fingerprint density at radius 1 is 1.00 bits per heavy atom. The van der Waals surface area contributed by atoms with Crippen LogP contribution in [-0.4, -0.2) is 23.0 Å². The Balaban J connectivity index is 1.41. The predicted octanol–water partition coefficient (Wildman–Crippen LogP) is 5.45. The van der Waals surface area contributed by atoms with Crippen LogP contribution in [0, 0.1) is 10.1 Å². The first-order valence-electron chi connectivity index (χ1n) is 10.7. The van der Waals surface area contributed by atoms with Crippen LogP contribution in [-0.2, 0) is 11.2 Å². The van der Waals surface area contributed by atoms with Gasteiger partial charge in [0.05, 0.1) is 33.8 Å². The summed E-state index contributed by atoms with van der Waals surface area (Å²) in [6.07, 6.45) is 1.45. The summed E-state index contributed by atoms with van der Waals surface area (Å²) in [6.45, 7) is 0. The minimum Gasteiger partial charge on any atom is -0.455 e. The molecule has 0 radical (unpaired) electrons. The number of hydrazone groups is 1. The van der Waals surface area contributed by atoms with Gasteiger partial charge in [-0.25, -0.2) is 5.43 Å². The van der Waals surface area contributed by atoms with Crippen molar-refractivity contribution >= 4 is 41.0 Å². The molecule has 0 atom stereocenters. The average Bonchev–Trinajstić information content (AvgIpc) is 3.33. The molecule has 0 saturated heterocycles. The van der Waals surface area contributed by atoms with Gasteiger partial charge in [-0.2, -0.15) is 5.10 Å². The molecule has 4 aromatic rings. The largest absolute Gasteiger partial charge is 0.455 e. The second-order valence-corrected chi connectivity index (χ2v) is 7.99. The molecule has 0 aliphatic heterocycles. The number of rotatable bonds is 8. The number of halogens is 1. The zero-order valence-corrected chi connectivity index (χ0v) is 19.4. The molecule has 2 amide bonds. The smallest absolute Gasteiger partial charge is 0.273 e. The lowest BCUT2D eigenvalue weighted by molar-refractivity contribution is -0.384. The predicted molar refractivity (Wildman–Crippen MR) is 136 cm³/mol. The van der Waals surface area contributed by atoms with E-state index in [0.717, 1.165) is 5.56 Å². The van der Waals surface area contributed by atoms with E-state index in [2.05, 4.69) is 15.8 Å². The number of carbonyl (C=O) groups excluding carboxylic acids is 2. The van der Waals surface area contributed by atoms with Crippen molar-refractivity contribution in [1.82, 2.24) is 5.43 Å². The number of hydrogen-bond donors (Lipinski definition) is 2. The zero-order valence-electron chi connectivity index (χ0n) is 18.7. The number of nitrogens with one attached hydrogen (secondary N) is 2. The Morgan fingerprint density at radius 3 is 2.53 bits per heavy atom. The topological polar surface area (TPSA) is 127 Å². The summed E-state index contributed by atoms with van der Waals surface area (Å²) < 4.78 is 5.64. The Hall–Kier alpha value is -4.76. The van der Waals surface area contributed by atoms with Gasteiger partial charge in [0.2, 0.25) is 5.91 Å². The Kier molecular flexibility index (Phi) is 7.52. The van der Waals surface area contributed by atoms with Crippen LogP contribution in [0.4, 0.5) is 11.4 Å². The lowest BCUT2D eigenvalue weighted by Crippen LogP contribution is -2.22. The number of nitro benzene ring substituents is 1. The molecule has 9 nitrogen and oxygen atoms in total. The Bertz CT molecular complexity index is 1450. The SMILES string of the molecule is O=C(Cc1ccccc1)Nc1ccccc1C(=O)NN=Cc1ccc(-c2cc([N+](=O)[O-])ccc2Cl)o1. The van der Waals surface area contributed by atoms with Crippen LogP contribution in [0.25, 0.3) is 11.3 Å². The molecule has 0 aliphatic rings. The van der Waals surface area contributed by atoms with Gasteiger partial charge in [0.15, 0.2) is 0 Å². The van der Waals surface area contributed by atoms with Crippen molar-refractivity contribution in [2.24, 2.45) is 5.10 Å². The average molecular weight is 503 g/mol. The molecule has 0 bridgehead atoms. The van der Waals surface area contributed by atoms with E-state index < -0.39 is 10.8 Å². The summed E-state index contributed by atoms with van der Waals surface area (Å²) in [5.74, 6) is -0.191.